The van der Waals surface area contributed by atoms with Crippen LogP contribution in [-0.2, 0) is 6.54 Å². The van der Waals surface area contributed by atoms with E-state index in [9.17, 15) is 0 Å². The highest BCUT2D eigenvalue weighted by Crippen LogP contribution is 2.30. The lowest BCUT2D eigenvalue weighted by atomic mass is 10.2. The maximum absolute atomic E-state index is 4.85. The summed E-state index contributed by atoms with van der Waals surface area (Å²) in [5.74, 6) is 0. The van der Waals surface area contributed by atoms with Crippen LogP contribution in [0.4, 0.5) is 5.13 Å². The molecule has 1 saturated heterocycles. The number of fused-ring (bicyclic) bond motifs is 1. The van der Waals surface area contributed by atoms with Crippen LogP contribution in [0.25, 0.3) is 10.2 Å². The first kappa shape index (κ1) is 14.6. The van der Waals surface area contributed by atoms with E-state index in [1.165, 1.54) is 10.3 Å². The van der Waals surface area contributed by atoms with E-state index < -0.39 is 0 Å². The highest BCUT2D eigenvalue weighted by Gasteiger charge is 2.20. The average Bonchev–Trinajstić information content (AvgIpc) is 3.23. The fourth-order valence-corrected chi connectivity index (χ4v) is 4.06. The molecule has 7 heteroatoms. The fraction of sp³-hybridized carbons (Fsp3) is 0.438. The van der Waals surface area contributed by atoms with Crippen molar-refractivity contribution in [2.24, 2.45) is 0 Å². The quantitative estimate of drug-likeness (QED) is 0.733. The van der Waals surface area contributed by atoms with Gasteiger partial charge in [-0.2, -0.15) is 15.0 Å². The molecule has 3 heterocycles. The second-order valence-electron chi connectivity index (χ2n) is 5.87. The monoisotopic (exact) mass is 328 g/mol. The Balaban J connectivity index is 1.37. The van der Waals surface area contributed by atoms with Crippen LogP contribution in [-0.4, -0.2) is 57.6 Å². The summed E-state index contributed by atoms with van der Waals surface area (Å²) < 4.78 is 1.28. The molecule has 0 saturated carbocycles. The summed E-state index contributed by atoms with van der Waals surface area (Å²) in [5, 5.41) is 9.47. The predicted molar refractivity (Wildman–Crippen MR) is 93.0 cm³/mol. The Bertz CT molecular complexity index is 773. The lowest BCUT2D eigenvalue weighted by Gasteiger charge is -2.34. The minimum Gasteiger partial charge on any atom is -0.345 e. The Labute approximate surface area is 139 Å². The number of nitrogens with zero attached hydrogens (tertiary/aromatic N) is 6. The van der Waals surface area contributed by atoms with Gasteiger partial charge in [0.05, 0.1) is 29.2 Å². The van der Waals surface area contributed by atoms with Gasteiger partial charge in [0.2, 0.25) is 0 Å². The third kappa shape index (κ3) is 3.07. The number of piperazine rings is 1. The molecule has 0 atom stereocenters. The minimum atomic E-state index is 0.854. The van der Waals surface area contributed by atoms with Gasteiger partial charge in [-0.25, -0.2) is 4.98 Å². The zero-order chi connectivity index (χ0) is 15.6. The molecule has 120 valence electrons. The molecule has 6 nitrogen and oxygen atoms in total. The molecular formula is C16H20N6S. The van der Waals surface area contributed by atoms with E-state index >= 15 is 0 Å². The topological polar surface area (TPSA) is 50.1 Å². The number of thiazole rings is 1. The van der Waals surface area contributed by atoms with Gasteiger partial charge in [0, 0.05) is 32.7 Å². The molecule has 3 aromatic rings. The molecule has 0 unspecified atom stereocenters. The highest BCUT2D eigenvalue weighted by atomic mass is 32.1. The van der Waals surface area contributed by atoms with Crippen LogP contribution in [0.1, 0.15) is 5.56 Å². The Hall–Kier alpha value is -1.99. The first-order chi connectivity index (χ1) is 11.3. The van der Waals surface area contributed by atoms with Gasteiger partial charge >= 0.3 is 0 Å². The molecule has 0 aliphatic carbocycles. The van der Waals surface area contributed by atoms with Crippen molar-refractivity contribution < 1.29 is 0 Å². The van der Waals surface area contributed by atoms with Gasteiger partial charge in [-0.3, -0.25) is 4.90 Å². The number of aryl methyl sites for hydroxylation is 1. The first-order valence-corrected chi connectivity index (χ1v) is 8.79. The normalized spacial score (nSPS) is 16.3. The number of para-hydroxylation sites is 1. The predicted octanol–water partition coefficient (Wildman–Crippen LogP) is 2.02. The summed E-state index contributed by atoms with van der Waals surface area (Å²) in [7, 11) is 0. The van der Waals surface area contributed by atoms with Crippen LogP contribution in [0.15, 0.2) is 30.6 Å². The average molecular weight is 328 g/mol. The number of anilines is 1. The van der Waals surface area contributed by atoms with E-state index in [0.717, 1.165) is 49.9 Å². The van der Waals surface area contributed by atoms with Crippen molar-refractivity contribution in [1.82, 2.24) is 24.9 Å². The zero-order valence-electron chi connectivity index (χ0n) is 13.2. The third-order valence-electron chi connectivity index (χ3n) is 4.34. The summed E-state index contributed by atoms with van der Waals surface area (Å²) in [6, 6.07) is 6.41. The number of rotatable bonds is 4. The second kappa shape index (κ2) is 6.25. The number of hydrogen-bond acceptors (Lipinski definition) is 6. The molecule has 0 radical (unpaired) electrons. The van der Waals surface area contributed by atoms with E-state index in [4.69, 9.17) is 4.98 Å². The number of benzene rings is 1. The lowest BCUT2D eigenvalue weighted by molar-refractivity contribution is 0.239. The van der Waals surface area contributed by atoms with Crippen molar-refractivity contribution in [3.63, 3.8) is 0 Å². The summed E-state index contributed by atoms with van der Waals surface area (Å²) in [6.07, 6.45) is 3.46. The van der Waals surface area contributed by atoms with Crippen LogP contribution >= 0.6 is 11.3 Å². The SMILES string of the molecule is Cc1cccc2sc(N3CCN(CCn4nccn4)CC3)nc12. The molecule has 23 heavy (non-hydrogen) atoms. The minimum absolute atomic E-state index is 0.854. The van der Waals surface area contributed by atoms with Crippen molar-refractivity contribution in [3.05, 3.63) is 36.2 Å². The molecule has 1 fully saturated rings. The molecule has 4 rings (SSSR count). The van der Waals surface area contributed by atoms with Gasteiger partial charge in [0.25, 0.3) is 0 Å². The van der Waals surface area contributed by atoms with E-state index in [1.807, 2.05) is 0 Å². The Morgan fingerprint density at radius 3 is 2.57 bits per heavy atom. The van der Waals surface area contributed by atoms with Gasteiger partial charge in [-0.15, -0.1) is 0 Å². The summed E-state index contributed by atoms with van der Waals surface area (Å²) in [6.45, 7) is 8.19. The zero-order valence-corrected chi connectivity index (χ0v) is 14.0. The van der Waals surface area contributed by atoms with Crippen LogP contribution in [0.2, 0.25) is 0 Å². The molecule has 0 spiro atoms. The van der Waals surface area contributed by atoms with Crippen LogP contribution in [0.5, 0.6) is 0 Å². The van der Waals surface area contributed by atoms with Gasteiger partial charge in [-0.05, 0) is 18.6 Å². The van der Waals surface area contributed by atoms with Crippen molar-refractivity contribution in [2.45, 2.75) is 13.5 Å². The molecule has 1 aliphatic heterocycles. The number of hydrogen-bond donors (Lipinski definition) is 0. The number of aromatic nitrogens is 4. The highest BCUT2D eigenvalue weighted by molar-refractivity contribution is 7.22. The molecule has 2 aromatic heterocycles. The van der Waals surface area contributed by atoms with Gasteiger partial charge in [0.15, 0.2) is 5.13 Å². The Morgan fingerprint density at radius 2 is 1.83 bits per heavy atom. The van der Waals surface area contributed by atoms with Crippen LogP contribution in [0.3, 0.4) is 0 Å². The third-order valence-corrected chi connectivity index (χ3v) is 5.42. The lowest BCUT2D eigenvalue weighted by Crippen LogP contribution is -2.47. The molecule has 0 N–H and O–H groups in total. The van der Waals surface area contributed by atoms with Crippen molar-refractivity contribution in [2.75, 3.05) is 37.6 Å². The Morgan fingerprint density at radius 1 is 1.04 bits per heavy atom. The maximum Gasteiger partial charge on any atom is 0.186 e. The van der Waals surface area contributed by atoms with E-state index in [-0.39, 0.29) is 0 Å². The first-order valence-electron chi connectivity index (χ1n) is 7.97. The standard InChI is InChI=1S/C16H20N6S/c1-13-3-2-4-14-15(13)19-16(23-14)21-10-7-20(8-11-21)9-12-22-17-5-6-18-22/h2-6H,7-12H2,1H3. The van der Waals surface area contributed by atoms with E-state index in [1.54, 1.807) is 28.5 Å². The van der Waals surface area contributed by atoms with E-state index in [2.05, 4.69) is 45.1 Å². The molecule has 0 amide bonds. The van der Waals surface area contributed by atoms with Crippen molar-refractivity contribution in [1.29, 1.82) is 0 Å². The van der Waals surface area contributed by atoms with Gasteiger partial charge < -0.3 is 4.90 Å². The molecule has 1 aromatic carbocycles. The van der Waals surface area contributed by atoms with Crippen LogP contribution < -0.4 is 4.90 Å². The summed E-state index contributed by atoms with van der Waals surface area (Å²) >= 11 is 1.80. The summed E-state index contributed by atoms with van der Waals surface area (Å²) in [5.41, 5.74) is 2.41. The van der Waals surface area contributed by atoms with Crippen molar-refractivity contribution >= 4 is 26.7 Å². The molecular weight excluding hydrogens is 308 g/mol. The van der Waals surface area contributed by atoms with E-state index in [0.29, 0.717) is 0 Å². The maximum atomic E-state index is 4.85. The van der Waals surface area contributed by atoms with Crippen molar-refractivity contribution in [3.8, 4) is 0 Å². The van der Waals surface area contributed by atoms with Gasteiger partial charge in [0.1, 0.15) is 0 Å². The molecule has 0 bridgehead atoms. The Kier molecular flexibility index (Phi) is 3.97. The van der Waals surface area contributed by atoms with Crippen LogP contribution in [0, 0.1) is 6.92 Å². The second-order valence-corrected chi connectivity index (χ2v) is 6.88. The van der Waals surface area contributed by atoms with Gasteiger partial charge in [-0.1, -0.05) is 23.5 Å². The molecule has 1 aliphatic rings. The summed E-state index contributed by atoms with van der Waals surface area (Å²) in [4.78, 5) is 11.5. The largest absolute Gasteiger partial charge is 0.345 e. The fourth-order valence-electron chi connectivity index (χ4n) is 2.96. The smallest absolute Gasteiger partial charge is 0.186 e.